The molecule has 24 heavy (non-hydrogen) atoms. The number of phenolic OH excluding ortho intramolecular Hbond substituents is 1. The lowest BCUT2D eigenvalue weighted by Crippen LogP contribution is -2.25. The van der Waals surface area contributed by atoms with Crippen molar-refractivity contribution in [2.45, 2.75) is 6.42 Å². The number of nitrogen functional groups attached to an aromatic ring is 1. The number of nitrogens with two attached hydrogens (primary N) is 1. The first-order chi connectivity index (χ1) is 11.6. The maximum absolute atomic E-state index is 12.2. The molecule has 0 fully saturated rings. The lowest BCUT2D eigenvalue weighted by molar-refractivity contribution is 0.0950. The van der Waals surface area contributed by atoms with Gasteiger partial charge in [-0.05, 0) is 36.2 Å². The third-order valence-electron chi connectivity index (χ3n) is 3.51. The van der Waals surface area contributed by atoms with Gasteiger partial charge in [0.05, 0.1) is 0 Å². The highest BCUT2D eigenvalue weighted by molar-refractivity contribution is 7.13. The minimum atomic E-state index is -0.194. The van der Waals surface area contributed by atoms with E-state index in [1.165, 1.54) is 11.3 Å². The Bertz CT molecular complexity index is 843. The molecule has 5 nitrogen and oxygen atoms in total. The SMILES string of the molecule is Nc1cccc(-c2nc(C(=O)NCCc3ccc(O)cc3)cs2)c1. The van der Waals surface area contributed by atoms with Gasteiger partial charge in [-0.25, -0.2) is 4.98 Å². The van der Waals surface area contributed by atoms with Gasteiger partial charge in [-0.2, -0.15) is 0 Å². The summed E-state index contributed by atoms with van der Waals surface area (Å²) in [5.74, 6) is 0.0412. The number of hydrogen-bond acceptors (Lipinski definition) is 5. The van der Waals surface area contributed by atoms with Gasteiger partial charge in [-0.3, -0.25) is 4.79 Å². The molecule has 0 saturated heterocycles. The van der Waals surface area contributed by atoms with Crippen molar-refractivity contribution in [1.82, 2.24) is 10.3 Å². The fourth-order valence-corrected chi connectivity index (χ4v) is 3.05. The number of benzene rings is 2. The number of carbonyl (C=O) groups is 1. The number of amides is 1. The number of carbonyl (C=O) groups excluding carboxylic acids is 1. The molecule has 0 saturated carbocycles. The van der Waals surface area contributed by atoms with Crippen LogP contribution in [0, 0.1) is 0 Å². The molecule has 0 aliphatic heterocycles. The minimum absolute atomic E-state index is 0.194. The summed E-state index contributed by atoms with van der Waals surface area (Å²) in [6.07, 6.45) is 0.693. The molecular formula is C18H17N3O2S. The van der Waals surface area contributed by atoms with Gasteiger partial charge in [0.1, 0.15) is 16.5 Å². The van der Waals surface area contributed by atoms with Gasteiger partial charge in [0.2, 0.25) is 0 Å². The van der Waals surface area contributed by atoms with E-state index in [1.54, 1.807) is 17.5 Å². The van der Waals surface area contributed by atoms with Crippen LogP contribution in [0.4, 0.5) is 5.69 Å². The van der Waals surface area contributed by atoms with Crippen molar-refractivity contribution in [2.24, 2.45) is 0 Å². The van der Waals surface area contributed by atoms with Crippen LogP contribution in [0.2, 0.25) is 0 Å². The average Bonchev–Trinajstić information content (AvgIpc) is 3.07. The standard InChI is InChI=1S/C18H17N3O2S/c19-14-3-1-2-13(10-14)18-21-16(11-24-18)17(23)20-9-8-12-4-6-15(22)7-5-12/h1-7,10-11,22H,8-9,19H2,(H,20,23). The number of thiazole rings is 1. The molecule has 122 valence electrons. The highest BCUT2D eigenvalue weighted by Gasteiger charge is 2.11. The van der Waals surface area contributed by atoms with E-state index in [-0.39, 0.29) is 11.7 Å². The topological polar surface area (TPSA) is 88.2 Å². The molecule has 2 aromatic carbocycles. The monoisotopic (exact) mass is 339 g/mol. The molecule has 0 aliphatic carbocycles. The molecule has 4 N–H and O–H groups in total. The second-order valence-corrected chi connectivity index (χ2v) is 6.19. The van der Waals surface area contributed by atoms with Crippen LogP contribution in [-0.2, 0) is 6.42 Å². The minimum Gasteiger partial charge on any atom is -0.508 e. The van der Waals surface area contributed by atoms with Gasteiger partial charge >= 0.3 is 0 Å². The Kier molecular flexibility index (Phi) is 4.77. The first-order valence-electron chi connectivity index (χ1n) is 7.49. The molecule has 6 heteroatoms. The maximum atomic E-state index is 12.2. The van der Waals surface area contributed by atoms with E-state index in [2.05, 4.69) is 10.3 Å². The number of aromatic nitrogens is 1. The Labute approximate surface area is 143 Å². The number of hydrogen-bond donors (Lipinski definition) is 3. The third-order valence-corrected chi connectivity index (χ3v) is 4.40. The summed E-state index contributed by atoms with van der Waals surface area (Å²) < 4.78 is 0. The van der Waals surface area contributed by atoms with Crippen molar-refractivity contribution in [1.29, 1.82) is 0 Å². The summed E-state index contributed by atoms with van der Waals surface area (Å²) in [6, 6.07) is 14.4. The Morgan fingerprint density at radius 3 is 2.75 bits per heavy atom. The number of nitrogens with one attached hydrogen (secondary N) is 1. The van der Waals surface area contributed by atoms with Crippen molar-refractivity contribution in [3.05, 3.63) is 65.2 Å². The van der Waals surface area contributed by atoms with Crippen LogP contribution < -0.4 is 11.1 Å². The zero-order chi connectivity index (χ0) is 16.9. The van der Waals surface area contributed by atoms with Crippen LogP contribution in [0.1, 0.15) is 16.1 Å². The van der Waals surface area contributed by atoms with Crippen molar-refractivity contribution in [3.63, 3.8) is 0 Å². The van der Waals surface area contributed by atoms with E-state index in [0.717, 1.165) is 16.1 Å². The molecule has 3 rings (SSSR count). The second-order valence-electron chi connectivity index (χ2n) is 5.34. The van der Waals surface area contributed by atoms with Crippen LogP contribution in [0.3, 0.4) is 0 Å². The largest absolute Gasteiger partial charge is 0.508 e. The van der Waals surface area contributed by atoms with E-state index in [1.807, 2.05) is 36.4 Å². The van der Waals surface area contributed by atoms with Crippen molar-refractivity contribution in [3.8, 4) is 16.3 Å². The predicted molar refractivity (Wildman–Crippen MR) is 96.1 cm³/mol. The quantitative estimate of drug-likeness (QED) is 0.623. The summed E-state index contributed by atoms with van der Waals surface area (Å²) in [4.78, 5) is 16.5. The zero-order valence-corrected chi connectivity index (χ0v) is 13.7. The average molecular weight is 339 g/mol. The van der Waals surface area contributed by atoms with Crippen molar-refractivity contribution < 1.29 is 9.90 Å². The molecule has 0 radical (unpaired) electrons. The normalized spacial score (nSPS) is 10.5. The first kappa shape index (κ1) is 16.0. The van der Waals surface area contributed by atoms with Gasteiger partial charge < -0.3 is 16.2 Å². The fraction of sp³-hybridized carbons (Fsp3) is 0.111. The van der Waals surface area contributed by atoms with Gasteiger partial charge in [0.15, 0.2) is 0 Å². The van der Waals surface area contributed by atoms with Gasteiger partial charge in [-0.1, -0.05) is 24.3 Å². The highest BCUT2D eigenvalue weighted by atomic mass is 32.1. The maximum Gasteiger partial charge on any atom is 0.270 e. The summed E-state index contributed by atoms with van der Waals surface area (Å²) in [7, 11) is 0. The highest BCUT2D eigenvalue weighted by Crippen LogP contribution is 2.25. The van der Waals surface area contributed by atoms with Crippen LogP contribution in [0.5, 0.6) is 5.75 Å². The first-order valence-corrected chi connectivity index (χ1v) is 8.37. The number of nitrogens with zero attached hydrogens (tertiary/aromatic N) is 1. The van der Waals surface area contributed by atoms with E-state index < -0.39 is 0 Å². The van der Waals surface area contributed by atoms with Gasteiger partial charge in [0, 0.05) is 23.2 Å². The molecule has 0 spiro atoms. The molecule has 0 aliphatic rings. The summed E-state index contributed by atoms with van der Waals surface area (Å²) in [5, 5.41) is 14.6. The van der Waals surface area contributed by atoms with E-state index in [0.29, 0.717) is 24.3 Å². The second kappa shape index (κ2) is 7.14. The Morgan fingerprint density at radius 1 is 1.21 bits per heavy atom. The Balaban J connectivity index is 1.58. The molecule has 1 heterocycles. The molecule has 0 unspecified atom stereocenters. The fourth-order valence-electron chi connectivity index (χ4n) is 2.26. The summed E-state index contributed by atoms with van der Waals surface area (Å²) in [6.45, 7) is 0.509. The Morgan fingerprint density at radius 2 is 2.00 bits per heavy atom. The van der Waals surface area contributed by atoms with Crippen LogP contribution in [0.15, 0.2) is 53.9 Å². The smallest absolute Gasteiger partial charge is 0.270 e. The van der Waals surface area contributed by atoms with Crippen LogP contribution in [0.25, 0.3) is 10.6 Å². The molecule has 0 atom stereocenters. The summed E-state index contributed by atoms with van der Waals surface area (Å²) >= 11 is 1.42. The number of phenols is 1. The van der Waals surface area contributed by atoms with E-state index >= 15 is 0 Å². The third kappa shape index (κ3) is 3.91. The Hall–Kier alpha value is -2.86. The predicted octanol–water partition coefficient (Wildman–Crippen LogP) is 3.07. The number of rotatable bonds is 5. The van der Waals surface area contributed by atoms with Crippen LogP contribution in [-0.4, -0.2) is 22.5 Å². The molecule has 1 amide bonds. The van der Waals surface area contributed by atoms with Crippen molar-refractivity contribution >= 4 is 22.9 Å². The van der Waals surface area contributed by atoms with Gasteiger partial charge in [-0.15, -0.1) is 11.3 Å². The van der Waals surface area contributed by atoms with Gasteiger partial charge in [0.25, 0.3) is 5.91 Å². The van der Waals surface area contributed by atoms with Crippen molar-refractivity contribution in [2.75, 3.05) is 12.3 Å². The zero-order valence-electron chi connectivity index (χ0n) is 12.9. The van der Waals surface area contributed by atoms with Crippen LogP contribution >= 0.6 is 11.3 Å². The molecule has 1 aromatic heterocycles. The van der Waals surface area contributed by atoms with E-state index in [4.69, 9.17) is 5.73 Å². The molecule has 0 bridgehead atoms. The number of anilines is 1. The summed E-state index contributed by atoms with van der Waals surface area (Å²) in [5.41, 5.74) is 8.80. The molecular weight excluding hydrogens is 322 g/mol. The number of aromatic hydroxyl groups is 1. The van der Waals surface area contributed by atoms with E-state index in [9.17, 15) is 9.90 Å². The lowest BCUT2D eigenvalue weighted by atomic mass is 10.1. The molecule has 3 aromatic rings. The lowest BCUT2D eigenvalue weighted by Gasteiger charge is -2.04.